The second-order valence-electron chi connectivity index (χ2n) is 5.82. The van der Waals surface area contributed by atoms with Gasteiger partial charge in [0.05, 0.1) is 11.4 Å². The monoisotopic (exact) mass is 278 g/mol. The minimum atomic E-state index is -3.26. The first-order valence-corrected chi connectivity index (χ1v) is 8.21. The molecule has 108 valence electrons. The molecule has 2 N–H and O–H groups in total. The Hall–Kier alpha value is -0.170. The highest BCUT2D eigenvalue weighted by molar-refractivity contribution is 7.89. The molecule has 0 aromatic heterocycles. The molecule has 1 aliphatic heterocycles. The van der Waals surface area contributed by atoms with Gasteiger partial charge >= 0.3 is 0 Å². The summed E-state index contributed by atoms with van der Waals surface area (Å²) in [5.74, 6) is 0.150. The summed E-state index contributed by atoms with van der Waals surface area (Å²) in [5, 5.41) is 13.0. The van der Waals surface area contributed by atoms with E-state index in [1.807, 2.05) is 0 Å². The lowest BCUT2D eigenvalue weighted by Gasteiger charge is -2.27. The lowest BCUT2D eigenvalue weighted by molar-refractivity contribution is 0.0640. The number of piperidine rings is 1. The highest BCUT2D eigenvalue weighted by Crippen LogP contribution is 2.13. The molecule has 1 rings (SSSR count). The zero-order valence-corrected chi connectivity index (χ0v) is 12.5. The van der Waals surface area contributed by atoms with Gasteiger partial charge in [0.15, 0.2) is 0 Å². The van der Waals surface area contributed by atoms with Crippen LogP contribution in [0.5, 0.6) is 0 Å². The molecule has 0 radical (unpaired) electrons. The van der Waals surface area contributed by atoms with Crippen molar-refractivity contribution in [3.8, 4) is 0 Å². The Kier molecular flexibility index (Phi) is 5.58. The largest absolute Gasteiger partial charge is 0.389 e. The third-order valence-corrected chi connectivity index (χ3v) is 5.05. The second kappa shape index (κ2) is 6.32. The van der Waals surface area contributed by atoms with Crippen LogP contribution in [0.4, 0.5) is 0 Å². The predicted octanol–water partition coefficient (Wildman–Crippen LogP) is 0.551. The summed E-state index contributed by atoms with van der Waals surface area (Å²) in [6.45, 7) is 4.35. The number of nitrogens with one attached hydrogen (secondary N) is 1. The molecule has 1 atom stereocenters. The average Bonchev–Trinajstić information content (AvgIpc) is 2.26. The van der Waals surface area contributed by atoms with Crippen LogP contribution >= 0.6 is 0 Å². The molecular formula is C12H26N2O3S. The molecule has 0 aromatic rings. The summed E-state index contributed by atoms with van der Waals surface area (Å²) in [6.07, 6.45) is 4.07. The number of likely N-dealkylation sites (N-methyl/N-ethyl adjacent to an activating group) is 1. The Morgan fingerprint density at radius 1 is 1.39 bits per heavy atom. The highest BCUT2D eigenvalue weighted by atomic mass is 32.2. The van der Waals surface area contributed by atoms with Crippen LogP contribution in [-0.4, -0.2) is 55.4 Å². The molecule has 1 unspecified atom stereocenters. The molecule has 18 heavy (non-hydrogen) atoms. The molecule has 0 saturated carbocycles. The van der Waals surface area contributed by atoms with E-state index in [0.29, 0.717) is 12.5 Å². The zero-order chi connectivity index (χ0) is 13.8. The number of hydrogen-bond acceptors (Lipinski definition) is 4. The van der Waals surface area contributed by atoms with E-state index >= 15 is 0 Å². The molecule has 1 fully saturated rings. The minimum Gasteiger partial charge on any atom is -0.389 e. The van der Waals surface area contributed by atoms with Crippen LogP contribution in [0, 0.1) is 0 Å². The fraction of sp³-hybridized carbons (Fsp3) is 1.00. The van der Waals surface area contributed by atoms with Gasteiger partial charge in [-0.2, -0.15) is 0 Å². The van der Waals surface area contributed by atoms with Crippen LogP contribution in [-0.2, 0) is 10.0 Å². The summed E-state index contributed by atoms with van der Waals surface area (Å²) in [4.78, 5) is 0. The molecule has 0 aromatic carbocycles. The summed E-state index contributed by atoms with van der Waals surface area (Å²) in [5.41, 5.74) is -0.995. The van der Waals surface area contributed by atoms with Crippen molar-refractivity contribution in [2.24, 2.45) is 0 Å². The topological polar surface area (TPSA) is 69.6 Å². The van der Waals surface area contributed by atoms with E-state index in [-0.39, 0.29) is 12.3 Å². The van der Waals surface area contributed by atoms with E-state index in [1.54, 1.807) is 13.8 Å². The van der Waals surface area contributed by atoms with Crippen LogP contribution in [0.2, 0.25) is 0 Å². The van der Waals surface area contributed by atoms with E-state index in [9.17, 15) is 13.5 Å². The molecule has 5 nitrogen and oxygen atoms in total. The van der Waals surface area contributed by atoms with Crippen molar-refractivity contribution in [2.75, 3.05) is 25.9 Å². The van der Waals surface area contributed by atoms with Gasteiger partial charge in [-0.3, -0.25) is 0 Å². The molecule has 0 amide bonds. The van der Waals surface area contributed by atoms with Crippen molar-refractivity contribution in [2.45, 2.75) is 51.2 Å². The minimum absolute atomic E-state index is 0.132. The lowest BCUT2D eigenvalue weighted by atomic mass is 10.0. The van der Waals surface area contributed by atoms with E-state index in [0.717, 1.165) is 13.0 Å². The van der Waals surface area contributed by atoms with Gasteiger partial charge in [0.1, 0.15) is 0 Å². The Balaban J connectivity index is 2.43. The maximum absolute atomic E-state index is 12.0. The van der Waals surface area contributed by atoms with Gasteiger partial charge < -0.3 is 10.4 Å². The maximum Gasteiger partial charge on any atom is 0.214 e. The van der Waals surface area contributed by atoms with Gasteiger partial charge in [-0.25, -0.2) is 12.7 Å². The van der Waals surface area contributed by atoms with Crippen molar-refractivity contribution in [1.29, 1.82) is 0 Å². The van der Waals surface area contributed by atoms with E-state index in [1.165, 1.54) is 24.2 Å². The van der Waals surface area contributed by atoms with Crippen LogP contribution in [0.1, 0.15) is 39.5 Å². The molecule has 1 saturated heterocycles. The van der Waals surface area contributed by atoms with Crippen LogP contribution in [0.25, 0.3) is 0 Å². The number of aliphatic hydroxyl groups is 1. The lowest BCUT2D eigenvalue weighted by Crippen LogP contribution is -2.42. The van der Waals surface area contributed by atoms with Gasteiger partial charge in [0.2, 0.25) is 10.0 Å². The molecule has 0 aliphatic carbocycles. The highest BCUT2D eigenvalue weighted by Gasteiger charge is 2.25. The third kappa shape index (κ3) is 5.65. The quantitative estimate of drug-likeness (QED) is 0.744. The van der Waals surface area contributed by atoms with Gasteiger partial charge in [-0.05, 0) is 39.7 Å². The Morgan fingerprint density at radius 3 is 2.56 bits per heavy atom. The molecule has 0 spiro atoms. The first-order valence-electron chi connectivity index (χ1n) is 6.60. The smallest absolute Gasteiger partial charge is 0.214 e. The molecule has 1 aliphatic rings. The van der Waals surface area contributed by atoms with E-state index in [4.69, 9.17) is 0 Å². The first kappa shape index (κ1) is 15.9. The number of hydrogen-bond donors (Lipinski definition) is 2. The molecule has 1 heterocycles. The van der Waals surface area contributed by atoms with Crippen molar-refractivity contribution >= 4 is 10.0 Å². The van der Waals surface area contributed by atoms with Crippen LogP contribution in [0.3, 0.4) is 0 Å². The summed E-state index contributed by atoms with van der Waals surface area (Å²) >= 11 is 0. The SMILES string of the molecule is CN(CC(C)(C)O)S(=O)(=O)CCC1CCCCN1. The Bertz CT molecular complexity index is 343. The van der Waals surface area contributed by atoms with Crippen molar-refractivity contribution in [3.63, 3.8) is 0 Å². The van der Waals surface area contributed by atoms with Gasteiger partial charge in [0.25, 0.3) is 0 Å². The first-order chi connectivity index (χ1) is 8.21. The normalized spacial score (nSPS) is 22.4. The summed E-state index contributed by atoms with van der Waals surface area (Å²) in [6, 6.07) is 0.323. The van der Waals surface area contributed by atoms with E-state index in [2.05, 4.69) is 5.32 Å². The van der Waals surface area contributed by atoms with Crippen molar-refractivity contribution < 1.29 is 13.5 Å². The Labute approximate surface area is 111 Å². The standard InChI is InChI=1S/C12H26N2O3S/c1-12(2,15)10-14(3)18(16,17)9-7-11-6-4-5-8-13-11/h11,13,15H,4-10H2,1-3H3. The Morgan fingerprint density at radius 2 is 2.06 bits per heavy atom. The zero-order valence-electron chi connectivity index (χ0n) is 11.6. The number of sulfonamides is 1. The second-order valence-corrected chi connectivity index (χ2v) is 8.02. The van der Waals surface area contributed by atoms with Crippen LogP contribution < -0.4 is 5.32 Å². The third-order valence-electron chi connectivity index (χ3n) is 3.22. The summed E-state index contributed by atoms with van der Waals surface area (Å²) in [7, 11) is -1.73. The predicted molar refractivity (Wildman–Crippen MR) is 73.0 cm³/mol. The van der Waals surface area contributed by atoms with Gasteiger partial charge in [-0.1, -0.05) is 6.42 Å². The molecule has 6 heteroatoms. The molecule has 0 bridgehead atoms. The maximum atomic E-state index is 12.0. The van der Waals surface area contributed by atoms with Crippen molar-refractivity contribution in [3.05, 3.63) is 0 Å². The fourth-order valence-corrected chi connectivity index (χ4v) is 3.67. The summed E-state index contributed by atoms with van der Waals surface area (Å²) < 4.78 is 25.3. The molecular weight excluding hydrogens is 252 g/mol. The number of nitrogens with zero attached hydrogens (tertiary/aromatic N) is 1. The van der Waals surface area contributed by atoms with Gasteiger partial charge in [-0.15, -0.1) is 0 Å². The van der Waals surface area contributed by atoms with E-state index < -0.39 is 15.6 Å². The average molecular weight is 278 g/mol. The fourth-order valence-electron chi connectivity index (χ4n) is 2.26. The van der Waals surface area contributed by atoms with Crippen LogP contribution in [0.15, 0.2) is 0 Å². The van der Waals surface area contributed by atoms with Crippen molar-refractivity contribution in [1.82, 2.24) is 9.62 Å². The number of rotatable bonds is 6. The van der Waals surface area contributed by atoms with Gasteiger partial charge in [0, 0.05) is 19.6 Å².